The van der Waals surface area contributed by atoms with E-state index in [0.29, 0.717) is 0 Å². The number of rotatable bonds is 4. The molecule has 4 aromatic carbocycles. The zero-order valence-electron chi connectivity index (χ0n) is 17.8. The van der Waals surface area contributed by atoms with Crippen molar-refractivity contribution < 1.29 is 0 Å². The summed E-state index contributed by atoms with van der Waals surface area (Å²) < 4.78 is 0. The number of hydrogen-bond donors (Lipinski definition) is 0. The zero-order chi connectivity index (χ0) is 21.4. The molecule has 154 valence electrons. The van der Waals surface area contributed by atoms with Crippen LogP contribution in [0.2, 0.25) is 0 Å². The minimum Gasteiger partial charge on any atom is -0.346 e. The van der Waals surface area contributed by atoms with Gasteiger partial charge in [-0.1, -0.05) is 121 Å². The third-order valence-electron chi connectivity index (χ3n) is 6.69. The molecule has 2 heteroatoms. The van der Waals surface area contributed by atoms with Gasteiger partial charge in [-0.25, -0.2) is 4.99 Å². The second-order valence-corrected chi connectivity index (χ2v) is 8.45. The molecule has 1 unspecified atom stereocenters. The molecule has 1 fully saturated rings. The summed E-state index contributed by atoms with van der Waals surface area (Å²) in [5.41, 5.74) is 5.82. The molecule has 0 saturated carbocycles. The first-order valence-electron chi connectivity index (χ1n) is 11.2. The van der Waals surface area contributed by atoms with Gasteiger partial charge < -0.3 is 4.90 Å². The summed E-state index contributed by atoms with van der Waals surface area (Å²) in [6.45, 7) is 0.875. The minimum atomic E-state index is -0.318. The van der Waals surface area contributed by atoms with Crippen molar-refractivity contribution in [2.24, 2.45) is 4.99 Å². The highest BCUT2D eigenvalue weighted by atomic mass is 15.3. The summed E-state index contributed by atoms with van der Waals surface area (Å²) >= 11 is 0. The minimum absolute atomic E-state index is 0.166. The lowest BCUT2D eigenvalue weighted by Crippen LogP contribution is -2.71. The van der Waals surface area contributed by atoms with E-state index in [0.717, 1.165) is 18.1 Å². The van der Waals surface area contributed by atoms with Crippen LogP contribution < -0.4 is 0 Å². The lowest BCUT2D eigenvalue weighted by Gasteiger charge is -2.60. The Hall–Kier alpha value is -3.91. The van der Waals surface area contributed by atoms with Crippen LogP contribution in [0.1, 0.15) is 22.3 Å². The van der Waals surface area contributed by atoms with Gasteiger partial charge in [0.15, 0.2) is 0 Å². The number of hydrogen-bond acceptors (Lipinski definition) is 2. The summed E-state index contributed by atoms with van der Waals surface area (Å²) in [7, 11) is 0. The third kappa shape index (κ3) is 2.84. The van der Waals surface area contributed by atoms with Gasteiger partial charge in [-0.2, -0.15) is 0 Å². The van der Waals surface area contributed by atoms with Crippen LogP contribution >= 0.6 is 0 Å². The predicted molar refractivity (Wildman–Crippen MR) is 132 cm³/mol. The van der Waals surface area contributed by atoms with Crippen molar-refractivity contribution in [3.8, 4) is 0 Å². The van der Waals surface area contributed by atoms with E-state index in [1.165, 1.54) is 22.3 Å². The highest BCUT2D eigenvalue weighted by Crippen LogP contribution is 2.52. The molecule has 0 amide bonds. The molecule has 0 aromatic heterocycles. The predicted octanol–water partition coefficient (Wildman–Crippen LogP) is 6.61. The molecule has 0 spiro atoms. The molecule has 32 heavy (non-hydrogen) atoms. The maximum absolute atomic E-state index is 5.23. The molecular weight excluding hydrogens is 388 g/mol. The average Bonchev–Trinajstić information content (AvgIpc) is 2.87. The molecule has 1 saturated heterocycles. The van der Waals surface area contributed by atoms with Crippen LogP contribution in [0.15, 0.2) is 126 Å². The van der Waals surface area contributed by atoms with Crippen LogP contribution in [0.5, 0.6) is 0 Å². The van der Waals surface area contributed by atoms with E-state index in [4.69, 9.17) is 4.99 Å². The fourth-order valence-corrected chi connectivity index (χ4v) is 5.22. The van der Waals surface area contributed by atoms with Crippen LogP contribution in [0, 0.1) is 0 Å². The first-order valence-corrected chi connectivity index (χ1v) is 11.2. The quantitative estimate of drug-likeness (QED) is 0.368. The van der Waals surface area contributed by atoms with E-state index in [9.17, 15) is 0 Å². The van der Waals surface area contributed by atoms with Crippen molar-refractivity contribution in [3.63, 3.8) is 0 Å². The number of nitrogens with zero attached hydrogens (tertiary/aromatic N) is 2. The van der Waals surface area contributed by atoms with Crippen molar-refractivity contribution >= 4 is 17.6 Å². The van der Waals surface area contributed by atoms with Gasteiger partial charge in [-0.05, 0) is 28.3 Å². The Kier molecular flexibility index (Phi) is 4.50. The first kappa shape index (κ1) is 18.8. The van der Waals surface area contributed by atoms with Crippen LogP contribution in [-0.2, 0) is 12.0 Å². The Balaban J connectivity index is 1.58. The Morgan fingerprint density at radius 1 is 0.688 bits per heavy atom. The Morgan fingerprint density at radius 3 is 1.91 bits per heavy atom. The summed E-state index contributed by atoms with van der Waals surface area (Å²) in [5, 5.41) is 0. The molecule has 0 N–H and O–H groups in total. The standard InChI is InChI=1S/C30H24N2/c1-4-12-23(13-5-1)20-21-28-30(25-15-6-2-7-16-25,26-17-8-3-9-18-26)29-31-27-19-11-10-14-24(27)22-32(28)29/h1-21,28H,22H2/b21-20+. The molecule has 4 aromatic rings. The van der Waals surface area contributed by atoms with Gasteiger partial charge >= 0.3 is 0 Å². The lowest BCUT2D eigenvalue weighted by molar-refractivity contribution is 0.199. The van der Waals surface area contributed by atoms with E-state index in [1.807, 2.05) is 0 Å². The molecule has 2 nitrogen and oxygen atoms in total. The maximum Gasteiger partial charge on any atom is 0.123 e. The SMILES string of the molecule is C(=C\C1N2Cc3ccccc3N=C2C1(c1ccccc1)c1ccccc1)/c1ccccc1. The average molecular weight is 413 g/mol. The van der Waals surface area contributed by atoms with E-state index in [2.05, 4.69) is 132 Å². The largest absolute Gasteiger partial charge is 0.346 e. The number of fused-ring (bicyclic) bond motifs is 2. The highest BCUT2D eigenvalue weighted by molar-refractivity contribution is 6.06. The van der Waals surface area contributed by atoms with Gasteiger partial charge in [0, 0.05) is 6.54 Å². The Labute approximate surface area is 189 Å². The topological polar surface area (TPSA) is 15.6 Å². The van der Waals surface area contributed by atoms with E-state index in [1.54, 1.807) is 0 Å². The fourth-order valence-electron chi connectivity index (χ4n) is 5.22. The highest BCUT2D eigenvalue weighted by Gasteiger charge is 2.60. The van der Waals surface area contributed by atoms with Crippen LogP contribution in [0.4, 0.5) is 5.69 Å². The second-order valence-electron chi connectivity index (χ2n) is 8.45. The lowest BCUT2D eigenvalue weighted by atomic mass is 9.60. The van der Waals surface area contributed by atoms with Gasteiger partial charge in [-0.15, -0.1) is 0 Å². The van der Waals surface area contributed by atoms with Gasteiger partial charge in [-0.3, -0.25) is 0 Å². The molecule has 0 aliphatic carbocycles. The van der Waals surface area contributed by atoms with Crippen molar-refractivity contribution in [1.29, 1.82) is 0 Å². The van der Waals surface area contributed by atoms with E-state index >= 15 is 0 Å². The fraction of sp³-hybridized carbons (Fsp3) is 0.100. The summed E-state index contributed by atoms with van der Waals surface area (Å²) in [6, 6.07) is 40.9. The maximum atomic E-state index is 5.23. The Bertz CT molecular complexity index is 1250. The number of benzene rings is 4. The smallest absolute Gasteiger partial charge is 0.123 e. The molecule has 0 bridgehead atoms. The first-order chi connectivity index (χ1) is 15.9. The summed E-state index contributed by atoms with van der Waals surface area (Å²) in [4.78, 5) is 7.69. The number of amidine groups is 1. The van der Waals surface area contributed by atoms with Gasteiger partial charge in [0.1, 0.15) is 11.3 Å². The zero-order valence-corrected chi connectivity index (χ0v) is 17.8. The molecule has 2 aliphatic rings. The molecule has 2 aliphatic heterocycles. The van der Waals surface area contributed by atoms with Crippen LogP contribution in [0.25, 0.3) is 6.08 Å². The van der Waals surface area contributed by atoms with Crippen molar-refractivity contribution in [2.45, 2.75) is 18.0 Å². The van der Waals surface area contributed by atoms with E-state index in [-0.39, 0.29) is 11.5 Å². The summed E-state index contributed by atoms with van der Waals surface area (Å²) in [5.74, 6) is 1.14. The van der Waals surface area contributed by atoms with Crippen molar-refractivity contribution in [3.05, 3.63) is 144 Å². The second kappa shape index (κ2) is 7.65. The normalized spacial score (nSPS) is 18.4. The number of aliphatic imine (C=N–C) groups is 1. The third-order valence-corrected chi connectivity index (χ3v) is 6.69. The molecule has 6 rings (SSSR count). The molecule has 0 radical (unpaired) electrons. The number of para-hydroxylation sites is 1. The van der Waals surface area contributed by atoms with Crippen molar-refractivity contribution in [1.82, 2.24) is 4.90 Å². The van der Waals surface area contributed by atoms with Crippen LogP contribution in [-0.4, -0.2) is 16.8 Å². The van der Waals surface area contributed by atoms with Gasteiger partial charge in [0.05, 0.1) is 11.7 Å². The summed E-state index contributed by atoms with van der Waals surface area (Å²) in [6.07, 6.45) is 4.62. The van der Waals surface area contributed by atoms with Crippen LogP contribution in [0.3, 0.4) is 0 Å². The monoisotopic (exact) mass is 412 g/mol. The van der Waals surface area contributed by atoms with Gasteiger partial charge in [0.2, 0.25) is 0 Å². The molecular formula is C30H24N2. The van der Waals surface area contributed by atoms with E-state index < -0.39 is 0 Å². The van der Waals surface area contributed by atoms with Gasteiger partial charge in [0.25, 0.3) is 0 Å². The Morgan fingerprint density at radius 2 is 1.25 bits per heavy atom. The van der Waals surface area contributed by atoms with Crippen molar-refractivity contribution in [2.75, 3.05) is 0 Å². The molecule has 2 heterocycles. The molecule has 1 atom stereocenters.